The van der Waals surface area contributed by atoms with E-state index >= 15 is 0 Å². The summed E-state index contributed by atoms with van der Waals surface area (Å²) in [6, 6.07) is 65.1. The largest absolute Gasteiger partial charge is 0.458 e. The number of fused-ring (bicyclic) bond motifs is 13. The van der Waals surface area contributed by atoms with Gasteiger partial charge < -0.3 is 9.15 Å². The third kappa shape index (κ3) is 7.61. The fourth-order valence-corrected chi connectivity index (χ4v) is 12.2. The molecule has 15 rings (SSSR count). The first kappa shape index (κ1) is 42.3. The number of hydrogen-bond donors (Lipinski definition) is 0. The van der Waals surface area contributed by atoms with E-state index in [0.717, 1.165) is 122 Å². The van der Waals surface area contributed by atoms with Crippen LogP contribution in [0.1, 0.15) is 59.5 Å². The van der Waals surface area contributed by atoms with Crippen LogP contribution in [-0.2, 0) is 10.8 Å². The Morgan fingerprint density at radius 3 is 2.06 bits per heavy atom. The fraction of sp³-hybridized carbons (Fsp3) is 0.108. The number of imidazole rings is 1. The van der Waals surface area contributed by atoms with E-state index in [0.29, 0.717) is 17.1 Å². The van der Waals surface area contributed by atoms with Crippen LogP contribution >= 0.6 is 0 Å². The van der Waals surface area contributed by atoms with Gasteiger partial charge in [0, 0.05) is 33.8 Å². The molecule has 0 unspecified atom stereocenters. The van der Waals surface area contributed by atoms with Gasteiger partial charge in [-0.3, -0.25) is 13.7 Å². The van der Waals surface area contributed by atoms with E-state index in [4.69, 9.17) is 18.3 Å². The summed E-state index contributed by atoms with van der Waals surface area (Å²) in [5.41, 5.74) is 16.7. The van der Waals surface area contributed by atoms with Gasteiger partial charge in [0.25, 0.3) is 6.33 Å². The highest BCUT2D eigenvalue weighted by atomic mass is 16.5. The molecule has 5 heterocycles. The molecule has 0 radical (unpaired) electrons. The smallest absolute Gasteiger partial charge is 0.269 e. The van der Waals surface area contributed by atoms with Crippen LogP contribution < -0.4 is 9.30 Å². The van der Waals surface area contributed by atoms with Crippen LogP contribution in [0.15, 0.2) is 235 Å². The molecule has 0 fully saturated rings. The lowest BCUT2D eigenvalue weighted by Gasteiger charge is -2.26. The molecule has 0 atom stereocenters. The molecule has 0 bridgehead atoms. The van der Waals surface area contributed by atoms with E-state index in [1.54, 1.807) is 0 Å². The van der Waals surface area contributed by atoms with Crippen molar-refractivity contribution < 1.29 is 20.6 Å². The van der Waals surface area contributed by atoms with E-state index in [-0.39, 0.29) is 40.6 Å². The standard InChI is InChI=1S/C74H56N4O2/c1-73(2,3)49-37-38-75-69(42-49)78-64-31-14-12-24-55(64)56-35-34-52(44-65(56)78)79-51-22-16-21-50(43-51)76-45-77-71-60(29-18-30-63(71)74(4,5)6)59-28-17-27-53(46-19-8-7-9-20-46)70(59)58-26-11-10-23-54(58)62-40-48(41-66(76)72(62)77)47-33-36-68-61(39-47)57-25-13-15-32-67(57)80-68/h7-44H,1-6H3/i7D,8D,9D,19D,20D. The van der Waals surface area contributed by atoms with E-state index in [2.05, 4.69) is 189 Å². The van der Waals surface area contributed by atoms with Crippen molar-refractivity contribution in [3.8, 4) is 84.3 Å². The summed E-state index contributed by atoms with van der Waals surface area (Å²) in [6.07, 6.45) is 5.88. The summed E-state index contributed by atoms with van der Waals surface area (Å²) in [6.45, 7) is 13.3. The van der Waals surface area contributed by atoms with E-state index in [1.165, 1.54) is 5.56 Å². The topological polar surface area (TPSA) is 49.0 Å². The Hall–Kier alpha value is -9.78. The van der Waals surface area contributed by atoms with Gasteiger partial charge in [-0.25, -0.2) is 4.98 Å². The maximum Gasteiger partial charge on any atom is 0.269 e. The first-order valence-corrected chi connectivity index (χ1v) is 27.2. The summed E-state index contributed by atoms with van der Waals surface area (Å²) in [7, 11) is 0. The minimum absolute atomic E-state index is 0.0709. The lowest BCUT2D eigenvalue weighted by Crippen LogP contribution is -2.35. The molecule has 1 aliphatic rings. The monoisotopic (exact) mass is 1040 g/mol. The Labute approximate surface area is 472 Å². The molecule has 1 aliphatic heterocycles. The molecule has 0 N–H and O–H groups in total. The Morgan fingerprint density at radius 1 is 0.500 bits per heavy atom. The van der Waals surface area contributed by atoms with Crippen LogP contribution in [0.3, 0.4) is 0 Å². The first-order valence-electron chi connectivity index (χ1n) is 29.7. The second kappa shape index (κ2) is 17.9. The van der Waals surface area contributed by atoms with Gasteiger partial charge in [-0.15, -0.1) is 0 Å². The van der Waals surface area contributed by atoms with Crippen LogP contribution in [0, 0.1) is 6.33 Å². The number of ether oxygens (including phenoxy) is 1. The zero-order chi connectivity index (χ0) is 58.4. The molecule has 6 heteroatoms. The van der Waals surface area contributed by atoms with E-state index in [9.17, 15) is 2.74 Å². The molecule has 4 aromatic heterocycles. The van der Waals surface area contributed by atoms with E-state index < -0.39 is 6.04 Å². The van der Waals surface area contributed by atoms with Crippen molar-refractivity contribution in [2.75, 3.05) is 0 Å². The third-order valence-electron chi connectivity index (χ3n) is 15.9. The van der Waals surface area contributed by atoms with Crippen molar-refractivity contribution in [1.29, 1.82) is 0 Å². The normalized spacial score (nSPS) is 13.2. The zero-order valence-corrected chi connectivity index (χ0v) is 45.2. The van der Waals surface area contributed by atoms with Crippen LogP contribution in [0.4, 0.5) is 0 Å². The van der Waals surface area contributed by atoms with Crippen LogP contribution in [-0.4, -0.2) is 14.1 Å². The minimum atomic E-state index is -0.437. The zero-order valence-electron chi connectivity index (χ0n) is 50.2. The molecule has 6 nitrogen and oxygen atoms in total. The van der Waals surface area contributed by atoms with Gasteiger partial charge in [0.1, 0.15) is 28.5 Å². The predicted molar refractivity (Wildman–Crippen MR) is 328 cm³/mol. The number of aromatic nitrogens is 4. The highest BCUT2D eigenvalue weighted by molar-refractivity contribution is 6.11. The van der Waals surface area contributed by atoms with Crippen molar-refractivity contribution in [2.24, 2.45) is 0 Å². The van der Waals surface area contributed by atoms with Gasteiger partial charge in [-0.05, 0) is 150 Å². The highest BCUT2D eigenvalue weighted by Crippen LogP contribution is 2.50. The van der Waals surface area contributed by atoms with Crippen LogP contribution in [0.2, 0.25) is 0 Å². The van der Waals surface area contributed by atoms with Crippen molar-refractivity contribution in [3.05, 3.63) is 248 Å². The average Bonchev–Trinajstić information content (AvgIpc) is 4.32. The van der Waals surface area contributed by atoms with Crippen LogP contribution in [0.25, 0.3) is 128 Å². The number of furan rings is 1. The van der Waals surface area contributed by atoms with Gasteiger partial charge in [0.2, 0.25) is 0 Å². The average molecular weight is 1040 g/mol. The lowest BCUT2D eigenvalue weighted by atomic mass is 9.81. The van der Waals surface area contributed by atoms with Gasteiger partial charge in [0.15, 0.2) is 0 Å². The molecule has 0 spiro atoms. The quantitative estimate of drug-likeness (QED) is 0.123. The summed E-state index contributed by atoms with van der Waals surface area (Å²) in [5, 5.41) is 4.26. The number of nitrogens with zero attached hydrogens (tertiary/aromatic N) is 4. The molecule has 10 aromatic carbocycles. The molecule has 14 aromatic rings. The van der Waals surface area contributed by atoms with Gasteiger partial charge >= 0.3 is 0 Å². The van der Waals surface area contributed by atoms with Crippen molar-refractivity contribution in [3.63, 3.8) is 0 Å². The maximum absolute atomic E-state index is 9.37. The Kier molecular flexibility index (Phi) is 9.45. The molecular weight excluding hydrogens is 977 g/mol. The number of para-hydroxylation sites is 3. The van der Waals surface area contributed by atoms with Crippen molar-refractivity contribution in [2.45, 2.75) is 52.4 Å². The summed E-state index contributed by atoms with van der Waals surface area (Å²) in [5.74, 6) is 2.15. The second-order valence-corrected chi connectivity index (χ2v) is 23.0. The van der Waals surface area contributed by atoms with Gasteiger partial charge in [-0.2, -0.15) is 0 Å². The third-order valence-corrected chi connectivity index (χ3v) is 15.9. The second-order valence-electron chi connectivity index (χ2n) is 23.0. The number of hydrogen-bond acceptors (Lipinski definition) is 3. The summed E-state index contributed by atoms with van der Waals surface area (Å²) >= 11 is 0. The van der Waals surface area contributed by atoms with E-state index in [1.807, 2.05) is 72.9 Å². The number of rotatable bonds is 6. The maximum atomic E-state index is 9.37. The number of pyridine rings is 1. The highest BCUT2D eigenvalue weighted by Gasteiger charge is 2.31. The first-order chi connectivity index (χ1) is 41.0. The molecule has 0 aliphatic carbocycles. The van der Waals surface area contributed by atoms with Gasteiger partial charge in [-0.1, -0.05) is 187 Å². The Morgan fingerprint density at radius 2 is 1.21 bits per heavy atom. The summed E-state index contributed by atoms with van der Waals surface area (Å²) < 4.78 is 65.0. The lowest BCUT2D eigenvalue weighted by molar-refractivity contribution is -0.572. The summed E-state index contributed by atoms with van der Waals surface area (Å²) in [4.78, 5) is 4.93. The Balaban J connectivity index is 0.991. The minimum Gasteiger partial charge on any atom is -0.458 e. The van der Waals surface area contributed by atoms with Crippen molar-refractivity contribution >= 4 is 54.8 Å². The van der Waals surface area contributed by atoms with Crippen molar-refractivity contribution in [1.82, 2.24) is 14.1 Å². The SMILES string of the molecule is [2H]c1c([2H])c([2H])c(-c2cccc3c2-c2ccccc2-c2cc(-c4ccc5oc6ccccc6c5c4)cc4c2[n+]([c-]n4-c2cccc(Oc4ccc5c6ccccc6n(-c6cc(C(C)(C)C)ccn6)c5c4)c2)-c2c-3cccc2C(C)(C)C)c([2H])c1[2H]. The van der Waals surface area contributed by atoms with Gasteiger partial charge in [0.05, 0.1) is 40.3 Å². The molecule has 0 saturated heterocycles. The Bertz CT molecular complexity index is 5120. The predicted octanol–water partition coefficient (Wildman–Crippen LogP) is 19.1. The van der Waals surface area contributed by atoms with Crippen LogP contribution in [0.5, 0.6) is 11.5 Å². The molecular formula is C74H56N4O2. The molecule has 384 valence electrons. The molecule has 0 saturated carbocycles. The number of benzene rings is 10. The fourth-order valence-electron chi connectivity index (χ4n) is 12.2. The molecule has 80 heavy (non-hydrogen) atoms. The molecule has 0 amide bonds.